The van der Waals surface area contributed by atoms with Gasteiger partial charge in [-0.3, -0.25) is 0 Å². The first-order valence-electron chi connectivity index (χ1n) is 3.35. The summed E-state index contributed by atoms with van der Waals surface area (Å²) in [5.41, 5.74) is 5.55. The van der Waals surface area contributed by atoms with Crippen molar-refractivity contribution in [2.24, 2.45) is 5.73 Å². The van der Waals surface area contributed by atoms with E-state index in [0.717, 1.165) is 0 Å². The van der Waals surface area contributed by atoms with Crippen molar-refractivity contribution in [3.8, 4) is 0 Å². The van der Waals surface area contributed by atoms with Crippen LogP contribution in [0, 0.1) is 0 Å². The molecule has 0 saturated heterocycles. The van der Waals surface area contributed by atoms with E-state index in [1.165, 1.54) is 4.68 Å². The number of hydrogen-bond acceptors (Lipinski definition) is 2. The van der Waals surface area contributed by atoms with Crippen molar-refractivity contribution in [1.29, 1.82) is 0 Å². The van der Waals surface area contributed by atoms with Crippen LogP contribution in [0.5, 0.6) is 0 Å². The molecule has 0 amide bonds. The smallest absolute Gasteiger partial charge is 0.171 e. The SMILES string of the molecule is C[C@H](N)Cn1nc(Cl)c(Cl)c1Cl. The van der Waals surface area contributed by atoms with Crippen LogP contribution < -0.4 is 5.73 Å². The van der Waals surface area contributed by atoms with E-state index in [4.69, 9.17) is 40.5 Å². The first kappa shape index (κ1) is 10.1. The highest BCUT2D eigenvalue weighted by atomic mass is 35.5. The number of nitrogens with two attached hydrogens (primary N) is 1. The molecule has 68 valence electrons. The lowest BCUT2D eigenvalue weighted by Gasteiger charge is -2.05. The molecule has 0 spiro atoms. The van der Waals surface area contributed by atoms with Gasteiger partial charge in [0.05, 0.1) is 6.54 Å². The van der Waals surface area contributed by atoms with E-state index >= 15 is 0 Å². The number of aromatic nitrogens is 2. The summed E-state index contributed by atoms with van der Waals surface area (Å²) >= 11 is 17.1. The summed E-state index contributed by atoms with van der Waals surface area (Å²) in [5.74, 6) is 0. The van der Waals surface area contributed by atoms with E-state index in [1.807, 2.05) is 6.92 Å². The van der Waals surface area contributed by atoms with Gasteiger partial charge in [-0.25, -0.2) is 4.68 Å². The van der Waals surface area contributed by atoms with Crippen molar-refractivity contribution in [1.82, 2.24) is 9.78 Å². The largest absolute Gasteiger partial charge is 0.326 e. The number of hydrogen-bond donors (Lipinski definition) is 1. The predicted molar refractivity (Wildman–Crippen MR) is 50.9 cm³/mol. The Morgan fingerprint density at radius 3 is 2.42 bits per heavy atom. The molecule has 1 aromatic heterocycles. The molecule has 1 heterocycles. The molecule has 1 atom stereocenters. The Hall–Kier alpha value is 0.0400. The van der Waals surface area contributed by atoms with Crippen LogP contribution in [-0.2, 0) is 6.54 Å². The molecule has 0 aliphatic rings. The lowest BCUT2D eigenvalue weighted by molar-refractivity contribution is 0.539. The van der Waals surface area contributed by atoms with Crippen LogP contribution >= 0.6 is 34.8 Å². The van der Waals surface area contributed by atoms with Gasteiger partial charge < -0.3 is 5.73 Å². The molecule has 0 bridgehead atoms. The van der Waals surface area contributed by atoms with Gasteiger partial charge in [-0.1, -0.05) is 34.8 Å². The fourth-order valence-electron chi connectivity index (χ4n) is 0.786. The van der Waals surface area contributed by atoms with Crippen molar-refractivity contribution in [2.45, 2.75) is 19.5 Å². The van der Waals surface area contributed by atoms with Gasteiger partial charge in [-0.05, 0) is 6.92 Å². The molecule has 0 radical (unpaired) electrons. The molecule has 12 heavy (non-hydrogen) atoms. The fraction of sp³-hybridized carbons (Fsp3) is 0.500. The lowest BCUT2D eigenvalue weighted by atomic mass is 10.4. The monoisotopic (exact) mass is 227 g/mol. The zero-order valence-corrected chi connectivity index (χ0v) is 8.66. The minimum Gasteiger partial charge on any atom is -0.326 e. The van der Waals surface area contributed by atoms with Gasteiger partial charge in [0.1, 0.15) is 10.2 Å². The van der Waals surface area contributed by atoms with Crippen LogP contribution in [0.15, 0.2) is 0 Å². The van der Waals surface area contributed by atoms with Gasteiger partial charge in [0.15, 0.2) is 5.15 Å². The Balaban J connectivity index is 2.93. The Labute approximate surface area is 85.4 Å². The Kier molecular flexibility index (Phi) is 3.23. The third kappa shape index (κ3) is 2.04. The molecule has 0 aliphatic heterocycles. The first-order valence-corrected chi connectivity index (χ1v) is 4.48. The molecule has 0 unspecified atom stereocenters. The predicted octanol–water partition coefficient (Wildman–Crippen LogP) is 2.19. The van der Waals surface area contributed by atoms with Gasteiger partial charge in [-0.2, -0.15) is 5.10 Å². The maximum atomic E-state index is 5.79. The van der Waals surface area contributed by atoms with E-state index in [1.54, 1.807) is 0 Å². The van der Waals surface area contributed by atoms with Crippen LogP contribution in [0.2, 0.25) is 15.3 Å². The zero-order chi connectivity index (χ0) is 9.30. The summed E-state index contributed by atoms with van der Waals surface area (Å²) in [6.07, 6.45) is 0. The number of rotatable bonds is 2. The van der Waals surface area contributed by atoms with Crippen LogP contribution in [0.4, 0.5) is 0 Å². The summed E-state index contributed by atoms with van der Waals surface area (Å²) in [4.78, 5) is 0. The van der Waals surface area contributed by atoms with Crippen molar-refractivity contribution in [3.05, 3.63) is 15.3 Å². The maximum absolute atomic E-state index is 5.79. The van der Waals surface area contributed by atoms with Gasteiger partial charge >= 0.3 is 0 Å². The van der Waals surface area contributed by atoms with Crippen molar-refractivity contribution in [3.63, 3.8) is 0 Å². The van der Waals surface area contributed by atoms with E-state index in [-0.39, 0.29) is 16.2 Å². The zero-order valence-electron chi connectivity index (χ0n) is 6.39. The van der Waals surface area contributed by atoms with Crippen molar-refractivity contribution in [2.75, 3.05) is 0 Å². The third-order valence-electron chi connectivity index (χ3n) is 1.26. The third-order valence-corrected chi connectivity index (χ3v) is 2.46. The van der Waals surface area contributed by atoms with Gasteiger partial charge in [-0.15, -0.1) is 0 Å². The first-order chi connectivity index (χ1) is 5.52. The standard InChI is InChI=1S/C6H8Cl3N3/c1-3(10)2-12-6(9)4(7)5(8)11-12/h3H,2,10H2,1H3/t3-/m0/s1. The van der Waals surface area contributed by atoms with Crippen molar-refractivity contribution >= 4 is 34.8 Å². The van der Waals surface area contributed by atoms with E-state index < -0.39 is 0 Å². The molecule has 1 aromatic rings. The minimum absolute atomic E-state index is 0.0328. The normalized spacial score (nSPS) is 13.4. The fourth-order valence-corrected chi connectivity index (χ4v) is 1.35. The molecule has 6 heteroatoms. The summed E-state index contributed by atoms with van der Waals surface area (Å²) in [7, 11) is 0. The highest BCUT2D eigenvalue weighted by molar-refractivity contribution is 6.47. The second kappa shape index (κ2) is 3.83. The molecule has 0 saturated carbocycles. The second-order valence-corrected chi connectivity index (χ2v) is 3.65. The van der Waals surface area contributed by atoms with Gasteiger partial charge in [0.2, 0.25) is 0 Å². The van der Waals surface area contributed by atoms with Crippen LogP contribution in [0.1, 0.15) is 6.92 Å². The molecular weight excluding hydrogens is 220 g/mol. The van der Waals surface area contributed by atoms with Crippen LogP contribution in [0.3, 0.4) is 0 Å². The second-order valence-electron chi connectivity index (χ2n) is 2.55. The maximum Gasteiger partial charge on any atom is 0.171 e. The molecule has 0 aliphatic carbocycles. The molecule has 3 nitrogen and oxygen atoms in total. The Bertz CT molecular complexity index is 282. The number of nitrogens with zero attached hydrogens (tertiary/aromatic N) is 2. The van der Waals surface area contributed by atoms with Crippen molar-refractivity contribution < 1.29 is 0 Å². The average Bonchev–Trinajstić information content (AvgIpc) is 2.17. The quantitative estimate of drug-likeness (QED) is 0.843. The van der Waals surface area contributed by atoms with E-state index in [9.17, 15) is 0 Å². The van der Waals surface area contributed by atoms with Gasteiger partial charge in [0, 0.05) is 6.04 Å². The topological polar surface area (TPSA) is 43.8 Å². The molecule has 2 N–H and O–H groups in total. The highest BCUT2D eigenvalue weighted by Crippen LogP contribution is 2.28. The highest BCUT2D eigenvalue weighted by Gasteiger charge is 2.12. The summed E-state index contributed by atoms with van der Waals surface area (Å²) in [6, 6.07) is -0.0328. The molecule has 0 fully saturated rings. The Morgan fingerprint density at radius 2 is 2.08 bits per heavy atom. The van der Waals surface area contributed by atoms with E-state index in [0.29, 0.717) is 11.7 Å². The minimum atomic E-state index is -0.0328. The molecule has 1 rings (SSSR count). The summed E-state index contributed by atoms with van der Waals surface area (Å²) < 4.78 is 1.48. The van der Waals surface area contributed by atoms with Crippen LogP contribution in [-0.4, -0.2) is 15.8 Å². The molecular formula is C6H8Cl3N3. The van der Waals surface area contributed by atoms with E-state index in [2.05, 4.69) is 5.10 Å². The van der Waals surface area contributed by atoms with Gasteiger partial charge in [0.25, 0.3) is 0 Å². The number of halogens is 3. The average molecular weight is 229 g/mol. The molecule has 0 aromatic carbocycles. The Morgan fingerprint density at radius 1 is 1.50 bits per heavy atom. The summed E-state index contributed by atoms with van der Waals surface area (Å²) in [6.45, 7) is 2.35. The summed E-state index contributed by atoms with van der Waals surface area (Å²) in [5, 5.41) is 4.71. The van der Waals surface area contributed by atoms with Crippen LogP contribution in [0.25, 0.3) is 0 Å². The lowest BCUT2D eigenvalue weighted by Crippen LogP contribution is -2.22.